The van der Waals surface area contributed by atoms with Gasteiger partial charge in [0.15, 0.2) is 0 Å². The van der Waals surface area contributed by atoms with Crippen LogP contribution in [0.25, 0.3) is 0 Å². The van der Waals surface area contributed by atoms with Crippen LogP contribution in [0.1, 0.15) is 0 Å². The second kappa shape index (κ2) is 4.64. The third kappa shape index (κ3) is 2.84. The summed E-state index contributed by atoms with van der Waals surface area (Å²) in [7, 11) is -6.17. The summed E-state index contributed by atoms with van der Waals surface area (Å²) >= 11 is 0. The minimum atomic E-state index is -4.60. The van der Waals surface area contributed by atoms with Crippen molar-refractivity contribution in [3.05, 3.63) is 0 Å². The Morgan fingerprint density at radius 2 is 1.54 bits per heavy atom. The van der Waals surface area contributed by atoms with Gasteiger partial charge in [0.1, 0.15) is 0 Å². The maximum Gasteiger partial charge on any atom is 0.376 e. The Hall–Kier alpha value is 0.230. The highest BCUT2D eigenvalue weighted by molar-refractivity contribution is 7.71. The molecule has 6 nitrogen and oxygen atoms in total. The summed E-state index contributed by atoms with van der Waals surface area (Å²) in [5.41, 5.74) is -2.69. The van der Waals surface area contributed by atoms with Gasteiger partial charge in [0.2, 0.25) is 0 Å². The van der Waals surface area contributed by atoms with Crippen LogP contribution in [0.3, 0.4) is 0 Å². The molecule has 2 unspecified atom stereocenters. The molecular weight excluding hydrogens is 225 g/mol. The van der Waals surface area contributed by atoms with Gasteiger partial charge in [-0.1, -0.05) is 0 Å². The predicted molar refractivity (Wildman–Crippen MR) is 43.4 cm³/mol. The van der Waals surface area contributed by atoms with E-state index in [9.17, 15) is 13.5 Å². The zero-order valence-corrected chi connectivity index (χ0v) is 9.13. The van der Waals surface area contributed by atoms with Gasteiger partial charge in [-0.25, -0.2) is 4.39 Å². The molecule has 0 aromatic heterocycles. The van der Waals surface area contributed by atoms with Gasteiger partial charge in [0.05, 0.1) is 0 Å². The molecule has 0 heterocycles. The van der Waals surface area contributed by atoms with E-state index < -0.39 is 20.8 Å². The molecule has 0 radical (unpaired) electrons. The molecule has 0 aliphatic rings. The van der Waals surface area contributed by atoms with E-state index in [1.54, 1.807) is 0 Å². The zero-order chi connectivity index (χ0) is 10.7. The van der Waals surface area contributed by atoms with Gasteiger partial charge < -0.3 is 18.5 Å². The molecule has 0 aromatic carbocycles. The van der Waals surface area contributed by atoms with Crippen LogP contribution in [-0.2, 0) is 22.7 Å². The SMILES string of the molecule is COP(=O)(O)C(F)P(=O)(OC)OC. The van der Waals surface area contributed by atoms with Crippen molar-refractivity contribution >= 4 is 15.2 Å². The predicted octanol–water partition coefficient (Wildman–Crippen LogP) is 1.56. The molecule has 0 fully saturated rings. The van der Waals surface area contributed by atoms with Crippen molar-refractivity contribution in [2.24, 2.45) is 0 Å². The van der Waals surface area contributed by atoms with Crippen LogP contribution < -0.4 is 0 Å². The van der Waals surface area contributed by atoms with Crippen LogP contribution in [0.5, 0.6) is 0 Å². The van der Waals surface area contributed by atoms with Crippen LogP contribution in [0.15, 0.2) is 0 Å². The summed E-state index contributed by atoms with van der Waals surface area (Å²) in [6.07, 6.45) is 0. The number of alkyl halides is 1. The quantitative estimate of drug-likeness (QED) is 0.729. The Labute approximate surface area is 75.1 Å². The molecule has 0 saturated heterocycles. The Balaban J connectivity index is 4.87. The molecule has 0 aromatic rings. The normalized spacial score (nSPS) is 19.5. The van der Waals surface area contributed by atoms with Gasteiger partial charge in [0.25, 0.3) is 5.65 Å². The fourth-order valence-corrected chi connectivity index (χ4v) is 3.46. The van der Waals surface area contributed by atoms with E-state index in [0.29, 0.717) is 0 Å². The molecule has 0 aliphatic heterocycles. The summed E-state index contributed by atoms with van der Waals surface area (Å²) in [6.45, 7) is 0. The molecule has 80 valence electrons. The highest BCUT2D eigenvalue weighted by Crippen LogP contribution is 2.67. The number of halogens is 1. The molecule has 0 spiro atoms. The molecule has 0 bridgehead atoms. The first-order valence-corrected chi connectivity index (χ1v) is 6.33. The van der Waals surface area contributed by atoms with Gasteiger partial charge >= 0.3 is 15.2 Å². The maximum atomic E-state index is 13.1. The van der Waals surface area contributed by atoms with E-state index >= 15 is 0 Å². The van der Waals surface area contributed by atoms with Crippen LogP contribution in [0.4, 0.5) is 4.39 Å². The Morgan fingerprint density at radius 1 is 1.15 bits per heavy atom. The zero-order valence-electron chi connectivity index (χ0n) is 7.34. The molecule has 0 aliphatic carbocycles. The van der Waals surface area contributed by atoms with Crippen molar-refractivity contribution in [3.8, 4) is 0 Å². The molecule has 9 heteroatoms. The van der Waals surface area contributed by atoms with E-state index in [2.05, 4.69) is 13.6 Å². The second-order valence-electron chi connectivity index (χ2n) is 1.96. The number of hydrogen-bond acceptors (Lipinski definition) is 5. The lowest BCUT2D eigenvalue weighted by Crippen LogP contribution is -2.07. The largest absolute Gasteiger partial charge is 0.376 e. The average molecular weight is 236 g/mol. The first kappa shape index (κ1) is 13.2. The monoisotopic (exact) mass is 236 g/mol. The molecule has 0 rings (SSSR count). The third-order valence-corrected chi connectivity index (χ3v) is 5.63. The summed E-state index contributed by atoms with van der Waals surface area (Å²) < 4.78 is 47.5. The summed E-state index contributed by atoms with van der Waals surface area (Å²) in [5.74, 6) is 0. The van der Waals surface area contributed by atoms with Gasteiger partial charge in [-0.15, -0.1) is 0 Å². The van der Waals surface area contributed by atoms with Crippen molar-refractivity contribution < 1.29 is 32.0 Å². The number of hydrogen-bond donors (Lipinski definition) is 1. The van der Waals surface area contributed by atoms with Gasteiger partial charge in [-0.2, -0.15) is 0 Å². The summed E-state index contributed by atoms with van der Waals surface area (Å²) in [5, 5.41) is 0. The summed E-state index contributed by atoms with van der Waals surface area (Å²) in [4.78, 5) is 8.82. The smallest absolute Gasteiger partial charge is 0.322 e. The van der Waals surface area contributed by atoms with Crippen molar-refractivity contribution in [2.75, 3.05) is 21.3 Å². The lowest BCUT2D eigenvalue weighted by Gasteiger charge is -2.20. The second-order valence-corrected chi connectivity index (χ2v) is 6.58. The summed E-state index contributed by atoms with van der Waals surface area (Å²) in [6, 6.07) is 0. The fraction of sp³-hybridized carbons (Fsp3) is 1.00. The molecule has 0 saturated carbocycles. The first-order chi connectivity index (χ1) is 5.84. The van der Waals surface area contributed by atoms with Gasteiger partial charge in [-0.05, 0) is 0 Å². The Kier molecular flexibility index (Phi) is 4.72. The lowest BCUT2D eigenvalue weighted by molar-refractivity contribution is 0.230. The van der Waals surface area contributed by atoms with Gasteiger partial charge in [0, 0.05) is 21.3 Å². The third-order valence-electron chi connectivity index (χ3n) is 1.30. The first-order valence-electron chi connectivity index (χ1n) is 3.07. The average Bonchev–Trinajstić information content (AvgIpc) is 2.15. The highest BCUT2D eigenvalue weighted by atomic mass is 31.2. The molecule has 1 N–H and O–H groups in total. The van der Waals surface area contributed by atoms with Gasteiger partial charge in [-0.3, -0.25) is 9.13 Å². The van der Waals surface area contributed by atoms with Crippen LogP contribution >= 0.6 is 15.2 Å². The maximum absolute atomic E-state index is 13.1. The molecule has 2 atom stereocenters. The molecule has 0 amide bonds. The van der Waals surface area contributed by atoms with Crippen molar-refractivity contribution in [2.45, 2.75) is 5.65 Å². The van der Waals surface area contributed by atoms with Crippen LogP contribution in [0.2, 0.25) is 0 Å². The van der Waals surface area contributed by atoms with E-state index in [0.717, 1.165) is 21.3 Å². The van der Waals surface area contributed by atoms with E-state index in [1.807, 2.05) is 0 Å². The Morgan fingerprint density at radius 3 is 1.77 bits per heavy atom. The van der Waals surface area contributed by atoms with E-state index in [-0.39, 0.29) is 0 Å². The Bertz CT molecular complexity index is 247. The van der Waals surface area contributed by atoms with Crippen molar-refractivity contribution in [1.82, 2.24) is 0 Å². The van der Waals surface area contributed by atoms with E-state index in [1.165, 1.54) is 0 Å². The number of rotatable bonds is 5. The minimum absolute atomic E-state index is 0.822. The fourth-order valence-electron chi connectivity index (χ4n) is 0.514. The van der Waals surface area contributed by atoms with Crippen molar-refractivity contribution in [3.63, 3.8) is 0 Å². The minimum Gasteiger partial charge on any atom is -0.322 e. The van der Waals surface area contributed by atoms with Crippen LogP contribution in [-0.4, -0.2) is 31.9 Å². The van der Waals surface area contributed by atoms with Crippen LogP contribution in [0, 0.1) is 0 Å². The standard InChI is InChI=1S/C4H11FO6P2/c1-9-12(6,7)4(5)13(8,10-2)11-3/h4H,1-3H3,(H,6,7). The lowest BCUT2D eigenvalue weighted by atomic mass is 11.7. The molecular formula is C4H11FO6P2. The topological polar surface area (TPSA) is 82.1 Å². The van der Waals surface area contributed by atoms with Crippen molar-refractivity contribution in [1.29, 1.82) is 0 Å². The molecule has 13 heavy (non-hydrogen) atoms. The highest BCUT2D eigenvalue weighted by Gasteiger charge is 2.48. The van der Waals surface area contributed by atoms with E-state index in [4.69, 9.17) is 4.89 Å².